The molecule has 2 amide bonds. The van der Waals surface area contributed by atoms with Gasteiger partial charge in [-0.1, -0.05) is 25.1 Å². The SMILES string of the molecule is CCC(=O)N1CCN(c2ccc(NC(=S)NC(=O)c3ccccc3C)cc2)CC1. The number of hydrogen-bond donors (Lipinski definition) is 2. The number of nitrogens with one attached hydrogen (secondary N) is 2. The zero-order chi connectivity index (χ0) is 20.8. The lowest BCUT2D eigenvalue weighted by Gasteiger charge is -2.36. The topological polar surface area (TPSA) is 64.7 Å². The van der Waals surface area contributed by atoms with Gasteiger partial charge in [0, 0.05) is 49.5 Å². The fourth-order valence-electron chi connectivity index (χ4n) is 3.35. The van der Waals surface area contributed by atoms with Crippen molar-refractivity contribution in [2.75, 3.05) is 36.4 Å². The number of rotatable bonds is 4. The van der Waals surface area contributed by atoms with Crippen LogP contribution in [-0.2, 0) is 4.79 Å². The Bertz CT molecular complexity index is 890. The molecular weight excluding hydrogens is 384 g/mol. The molecule has 1 heterocycles. The average molecular weight is 411 g/mol. The van der Waals surface area contributed by atoms with Gasteiger partial charge < -0.3 is 15.1 Å². The van der Waals surface area contributed by atoms with Crippen LogP contribution in [0.15, 0.2) is 48.5 Å². The van der Waals surface area contributed by atoms with Gasteiger partial charge in [0.15, 0.2) is 5.11 Å². The molecule has 2 aromatic carbocycles. The summed E-state index contributed by atoms with van der Waals surface area (Å²) < 4.78 is 0. The highest BCUT2D eigenvalue weighted by Crippen LogP contribution is 2.20. The molecule has 2 aromatic rings. The number of benzene rings is 2. The van der Waals surface area contributed by atoms with Gasteiger partial charge in [0.05, 0.1) is 0 Å². The standard InChI is InChI=1S/C22H26N4O2S/c1-3-20(27)26-14-12-25(13-15-26)18-10-8-17(9-11-18)23-22(29)24-21(28)19-7-5-4-6-16(19)2/h4-11H,3,12-15H2,1-2H3,(H2,23,24,28,29). The molecule has 7 heteroatoms. The third-order valence-electron chi connectivity index (χ3n) is 5.04. The molecule has 1 aliphatic heterocycles. The molecular formula is C22H26N4O2S. The highest BCUT2D eigenvalue weighted by Gasteiger charge is 2.20. The van der Waals surface area contributed by atoms with Crippen LogP contribution in [0.4, 0.5) is 11.4 Å². The van der Waals surface area contributed by atoms with Crippen molar-refractivity contribution in [1.82, 2.24) is 10.2 Å². The Balaban J connectivity index is 1.53. The first-order chi connectivity index (χ1) is 14.0. The van der Waals surface area contributed by atoms with Gasteiger partial charge in [-0.15, -0.1) is 0 Å². The summed E-state index contributed by atoms with van der Waals surface area (Å²) in [5, 5.41) is 6.03. The van der Waals surface area contributed by atoms with Crippen LogP contribution in [0.2, 0.25) is 0 Å². The van der Waals surface area contributed by atoms with Gasteiger partial charge in [0.1, 0.15) is 0 Å². The minimum atomic E-state index is -0.225. The first-order valence-electron chi connectivity index (χ1n) is 9.78. The third-order valence-corrected chi connectivity index (χ3v) is 5.25. The Kier molecular flexibility index (Phi) is 6.82. The Morgan fingerprint density at radius 3 is 2.28 bits per heavy atom. The molecule has 1 fully saturated rings. The van der Waals surface area contributed by atoms with Crippen LogP contribution in [0.5, 0.6) is 0 Å². The monoisotopic (exact) mass is 410 g/mol. The minimum absolute atomic E-state index is 0.213. The van der Waals surface area contributed by atoms with Crippen molar-refractivity contribution in [1.29, 1.82) is 0 Å². The number of hydrogen-bond acceptors (Lipinski definition) is 4. The lowest BCUT2D eigenvalue weighted by atomic mass is 10.1. The maximum atomic E-state index is 12.3. The van der Waals surface area contributed by atoms with Gasteiger partial charge >= 0.3 is 0 Å². The third kappa shape index (κ3) is 5.32. The molecule has 0 aliphatic carbocycles. The molecule has 0 spiro atoms. The van der Waals surface area contributed by atoms with Gasteiger partial charge in [-0.05, 0) is 55.0 Å². The highest BCUT2D eigenvalue weighted by atomic mass is 32.1. The van der Waals surface area contributed by atoms with E-state index in [1.165, 1.54) is 0 Å². The molecule has 0 radical (unpaired) electrons. The lowest BCUT2D eigenvalue weighted by Crippen LogP contribution is -2.48. The number of carbonyl (C=O) groups excluding carboxylic acids is 2. The predicted octanol–water partition coefficient (Wildman–Crippen LogP) is 3.18. The summed E-state index contributed by atoms with van der Waals surface area (Å²) in [7, 11) is 0. The number of aryl methyl sites for hydroxylation is 1. The van der Waals surface area contributed by atoms with E-state index in [0.717, 1.165) is 43.1 Å². The molecule has 0 aromatic heterocycles. The summed E-state index contributed by atoms with van der Waals surface area (Å²) >= 11 is 5.27. The van der Waals surface area contributed by atoms with Gasteiger partial charge in [-0.25, -0.2) is 0 Å². The van der Waals surface area contributed by atoms with Crippen molar-refractivity contribution < 1.29 is 9.59 Å². The van der Waals surface area contributed by atoms with Crippen molar-refractivity contribution in [3.8, 4) is 0 Å². The summed E-state index contributed by atoms with van der Waals surface area (Å²) in [5.41, 5.74) is 3.42. The molecule has 3 rings (SSSR count). The van der Waals surface area contributed by atoms with Crippen molar-refractivity contribution in [2.24, 2.45) is 0 Å². The maximum absolute atomic E-state index is 12.3. The maximum Gasteiger partial charge on any atom is 0.257 e. The second-order valence-corrected chi connectivity index (χ2v) is 7.40. The molecule has 0 unspecified atom stereocenters. The second-order valence-electron chi connectivity index (χ2n) is 6.99. The van der Waals surface area contributed by atoms with Crippen LogP contribution < -0.4 is 15.5 Å². The molecule has 0 saturated carbocycles. The van der Waals surface area contributed by atoms with E-state index in [1.54, 1.807) is 6.07 Å². The van der Waals surface area contributed by atoms with Crippen molar-refractivity contribution in [3.05, 3.63) is 59.7 Å². The van der Waals surface area contributed by atoms with Crippen LogP contribution in [0.25, 0.3) is 0 Å². The normalized spacial score (nSPS) is 13.7. The Morgan fingerprint density at radius 2 is 1.66 bits per heavy atom. The fourth-order valence-corrected chi connectivity index (χ4v) is 3.56. The molecule has 1 saturated heterocycles. The number of piperazine rings is 1. The zero-order valence-corrected chi connectivity index (χ0v) is 17.6. The number of amides is 2. The van der Waals surface area contributed by atoms with E-state index in [9.17, 15) is 9.59 Å². The molecule has 1 aliphatic rings. The Hall–Kier alpha value is -2.93. The minimum Gasteiger partial charge on any atom is -0.368 e. The van der Waals surface area contributed by atoms with E-state index in [-0.39, 0.29) is 16.9 Å². The van der Waals surface area contributed by atoms with Gasteiger partial charge in [0.2, 0.25) is 5.91 Å². The van der Waals surface area contributed by atoms with E-state index in [2.05, 4.69) is 15.5 Å². The van der Waals surface area contributed by atoms with Gasteiger partial charge in [-0.3, -0.25) is 14.9 Å². The summed E-state index contributed by atoms with van der Waals surface area (Å²) in [6.07, 6.45) is 0.556. The molecule has 29 heavy (non-hydrogen) atoms. The van der Waals surface area contributed by atoms with Gasteiger partial charge in [0.25, 0.3) is 5.91 Å². The number of carbonyl (C=O) groups is 2. The Morgan fingerprint density at radius 1 is 1.00 bits per heavy atom. The molecule has 0 atom stereocenters. The summed E-state index contributed by atoms with van der Waals surface area (Å²) in [5.74, 6) is -0.0119. The summed E-state index contributed by atoms with van der Waals surface area (Å²) in [6, 6.07) is 15.3. The predicted molar refractivity (Wildman–Crippen MR) is 120 cm³/mol. The van der Waals surface area contributed by atoms with E-state index in [0.29, 0.717) is 12.0 Å². The van der Waals surface area contributed by atoms with Crippen LogP contribution >= 0.6 is 12.2 Å². The largest absolute Gasteiger partial charge is 0.368 e. The van der Waals surface area contributed by atoms with Crippen molar-refractivity contribution in [3.63, 3.8) is 0 Å². The average Bonchev–Trinajstić information content (AvgIpc) is 2.74. The van der Waals surface area contributed by atoms with Crippen LogP contribution in [0.1, 0.15) is 29.3 Å². The van der Waals surface area contributed by atoms with E-state index in [1.807, 2.05) is 61.2 Å². The second kappa shape index (κ2) is 9.52. The molecule has 0 bridgehead atoms. The van der Waals surface area contributed by atoms with E-state index < -0.39 is 0 Å². The number of nitrogens with zero attached hydrogens (tertiary/aromatic N) is 2. The first kappa shape index (κ1) is 20.8. The molecule has 6 nitrogen and oxygen atoms in total. The van der Waals surface area contributed by atoms with Crippen molar-refractivity contribution >= 4 is 40.5 Å². The van der Waals surface area contributed by atoms with E-state index >= 15 is 0 Å². The number of anilines is 2. The van der Waals surface area contributed by atoms with E-state index in [4.69, 9.17) is 12.2 Å². The zero-order valence-electron chi connectivity index (χ0n) is 16.8. The summed E-state index contributed by atoms with van der Waals surface area (Å²) in [4.78, 5) is 28.3. The highest BCUT2D eigenvalue weighted by molar-refractivity contribution is 7.80. The summed E-state index contributed by atoms with van der Waals surface area (Å²) in [6.45, 7) is 6.94. The quantitative estimate of drug-likeness (QED) is 0.758. The first-order valence-corrected chi connectivity index (χ1v) is 10.2. The van der Waals surface area contributed by atoms with Crippen LogP contribution in [-0.4, -0.2) is 48.0 Å². The number of thiocarbonyl (C=S) groups is 1. The fraction of sp³-hybridized carbons (Fsp3) is 0.318. The lowest BCUT2D eigenvalue weighted by molar-refractivity contribution is -0.131. The molecule has 2 N–H and O–H groups in total. The molecule has 152 valence electrons. The smallest absolute Gasteiger partial charge is 0.257 e. The van der Waals surface area contributed by atoms with Crippen LogP contribution in [0.3, 0.4) is 0 Å². The Labute approximate surface area is 176 Å². The van der Waals surface area contributed by atoms with Crippen LogP contribution in [0, 0.1) is 6.92 Å². The van der Waals surface area contributed by atoms with Crippen molar-refractivity contribution in [2.45, 2.75) is 20.3 Å². The van der Waals surface area contributed by atoms with Gasteiger partial charge in [-0.2, -0.15) is 0 Å².